The number of para-hydroxylation sites is 1. The van der Waals surface area contributed by atoms with Crippen LogP contribution in [0.5, 0.6) is 5.75 Å². The molecule has 0 aliphatic rings. The van der Waals surface area contributed by atoms with Gasteiger partial charge in [-0.3, -0.25) is 9.55 Å². The van der Waals surface area contributed by atoms with E-state index in [4.69, 9.17) is 54.3 Å². The van der Waals surface area contributed by atoms with Gasteiger partial charge in [0.2, 0.25) is 0 Å². The largest absolute Gasteiger partial charge is 0.507 e. The molecule has 0 amide bonds. The van der Waals surface area contributed by atoms with Crippen molar-refractivity contribution in [1.82, 2.24) is 14.5 Å². The molecule has 6 aromatic carbocycles. The Balaban J connectivity index is 0.0000149. The van der Waals surface area contributed by atoms with Crippen LogP contribution < -0.4 is 0 Å². The molecular weight excluding hydrogens is 998 g/mol. The van der Waals surface area contributed by atoms with Crippen molar-refractivity contribution >= 4 is 11.0 Å². The maximum Gasteiger partial charge on any atom is 0.148 e. The summed E-state index contributed by atoms with van der Waals surface area (Å²) in [5.41, 5.74) is -21.2. The van der Waals surface area contributed by atoms with Gasteiger partial charge in [-0.1, -0.05) is 199 Å². The van der Waals surface area contributed by atoms with Gasteiger partial charge in [0, 0.05) is 93.4 Å². The molecule has 0 fully saturated rings. The molecule has 0 aliphatic carbocycles. The van der Waals surface area contributed by atoms with Crippen molar-refractivity contribution in [2.75, 3.05) is 0 Å². The van der Waals surface area contributed by atoms with Crippen LogP contribution in [0, 0.1) is 6.07 Å². The van der Waals surface area contributed by atoms with Crippen LogP contribution in [-0.4, -0.2) is 19.6 Å². The van der Waals surface area contributed by atoms with Crippen molar-refractivity contribution in [3.63, 3.8) is 0 Å². The third-order valence-corrected chi connectivity index (χ3v) is 11.3. The summed E-state index contributed by atoms with van der Waals surface area (Å²) in [6.07, 6.45) is 1.39. The van der Waals surface area contributed by atoms with Crippen LogP contribution >= 0.6 is 0 Å². The first kappa shape index (κ1) is 21.0. The van der Waals surface area contributed by atoms with Gasteiger partial charge in [0.05, 0.1) is 22.3 Å². The summed E-state index contributed by atoms with van der Waals surface area (Å²) in [7, 11) is 0. The zero-order valence-electron chi connectivity index (χ0n) is 72.3. The first-order valence-corrected chi connectivity index (χ1v) is 20.5. The number of aromatic nitrogens is 3. The van der Waals surface area contributed by atoms with Crippen molar-refractivity contribution in [2.24, 2.45) is 0 Å². The number of fused-ring (bicyclic) bond motifs is 1. The summed E-state index contributed by atoms with van der Waals surface area (Å²) in [4.78, 5) is 9.64. The van der Waals surface area contributed by atoms with Crippen molar-refractivity contribution in [3.05, 3.63) is 167 Å². The molecular formula is C62H68N3OPt-. The first-order valence-electron chi connectivity index (χ1n) is 38.5. The molecule has 0 radical (unpaired) electrons. The molecule has 1 N–H and O–H groups in total. The van der Waals surface area contributed by atoms with Crippen LogP contribution in [0.1, 0.15) is 180 Å². The van der Waals surface area contributed by atoms with Gasteiger partial charge in [0.25, 0.3) is 0 Å². The Kier molecular flexibility index (Phi) is 5.58. The van der Waals surface area contributed by atoms with Crippen molar-refractivity contribution in [1.29, 1.82) is 0 Å². The smallest absolute Gasteiger partial charge is 0.148 e. The number of rotatable bonds is 6. The third kappa shape index (κ3) is 10.0. The number of nitrogens with zero attached hydrogens (tertiary/aromatic N) is 3. The second kappa shape index (κ2) is 17.8. The predicted molar refractivity (Wildman–Crippen MR) is 280 cm³/mol. The van der Waals surface area contributed by atoms with Gasteiger partial charge in [0.1, 0.15) is 11.6 Å². The number of hydrogen-bond donors (Lipinski definition) is 1. The van der Waals surface area contributed by atoms with Crippen LogP contribution in [0.2, 0.25) is 0 Å². The Hall–Kier alpha value is -5.57. The quantitative estimate of drug-likeness (QED) is 0.169. The van der Waals surface area contributed by atoms with Gasteiger partial charge in [-0.15, -0.1) is 29.3 Å². The van der Waals surface area contributed by atoms with E-state index in [-0.39, 0.29) is 77.4 Å². The summed E-state index contributed by atoms with van der Waals surface area (Å²) >= 11 is 0. The molecule has 0 spiro atoms. The van der Waals surface area contributed by atoms with Gasteiger partial charge in [0.15, 0.2) is 0 Å². The van der Waals surface area contributed by atoms with Crippen molar-refractivity contribution in [3.8, 4) is 67.5 Å². The normalized spacial score (nSPS) is 22.9. The molecule has 5 heteroatoms. The average molecular weight is 1100 g/mol. The summed E-state index contributed by atoms with van der Waals surface area (Å²) in [6.45, 7) is -42.7. The first-order chi connectivity index (χ1) is 45.8. The minimum absolute atomic E-state index is 0. The Labute approximate surface area is 465 Å². The number of imidazole rings is 1. The number of pyridine rings is 1. The van der Waals surface area contributed by atoms with E-state index in [1.54, 1.807) is 24.3 Å². The Morgan fingerprint density at radius 3 is 1.79 bits per heavy atom. The van der Waals surface area contributed by atoms with Crippen molar-refractivity contribution in [2.45, 2.75) is 130 Å². The van der Waals surface area contributed by atoms with Crippen LogP contribution in [0.15, 0.2) is 134 Å². The summed E-state index contributed by atoms with van der Waals surface area (Å²) in [6, 6.07) is 29.7. The Bertz CT molecular complexity index is 4300. The minimum atomic E-state index is -4.40. The summed E-state index contributed by atoms with van der Waals surface area (Å²) < 4.78 is 312. The predicted octanol–water partition coefficient (Wildman–Crippen LogP) is 16.7. The maximum absolute atomic E-state index is 13.2. The molecule has 8 rings (SSSR count). The number of phenols is 1. The fourth-order valence-corrected chi connectivity index (χ4v) is 7.82. The van der Waals surface area contributed by atoms with E-state index in [1.807, 2.05) is 20.8 Å². The van der Waals surface area contributed by atoms with Gasteiger partial charge >= 0.3 is 0 Å². The molecule has 0 bridgehead atoms. The number of benzene rings is 6. The Morgan fingerprint density at radius 1 is 0.507 bits per heavy atom. The topological polar surface area (TPSA) is 50.9 Å². The Morgan fingerprint density at radius 2 is 1.12 bits per heavy atom. The molecule has 0 unspecified atom stereocenters. The van der Waals surface area contributed by atoms with E-state index < -0.39 is 149 Å². The SMILES string of the molecule is [2H]C([2H])([2H])C(c1ccc(-c2ccnc(-c3[c-]c(-c4cccc5c4nc(-c4cc(C(C([2H])([2H])[2H])(C([2H])([2H])[2H])C([2H])([2H])[2H])cc(C(C([2H])([2H])[2H])(C([2H])([2H])[2H])C([2H])([2H])[2H])c4O)n5-c4ccc(C(C([2H])([2H])[2H])(C([2H])([2H])[2H])C([2H])([2H])[2H])cc4-c4ccccc4)cc(C(C)(C)C)c3)c2)cc1)(C([2H])([2H])[2H])C([2H])([2H])[2H].[Pt]. The molecule has 348 valence electrons. The average Bonchev–Trinajstić information content (AvgIpc) is 1.39. The second-order valence-electron chi connectivity index (χ2n) is 17.4. The standard InChI is InChI=1S/C62H68N3O.Pt/c1-58(2,3)44-26-24-39(25-27-44)41-30-31-63-52(35-41)43-32-42(33-46(34-43)60(7,8)9)48-22-19-23-54-55(48)64-57(50-37-47(61(10,11)12)38-51(56(50)66)62(13,14)15)65(54)53-29-28-45(59(4,5)6)36-49(53)40-20-17-16-18-21-40;/h16-31,33-38,66H,1-15H3;/q-1;/i1D3,2D3,3D3,4D3,5D3,6D3,10D3,11D3,12D3,13D3,14D3,15D3;. The number of aromatic hydroxyl groups is 1. The van der Waals surface area contributed by atoms with Gasteiger partial charge in [-0.05, 0) is 90.8 Å². The monoisotopic (exact) mass is 1100 g/mol. The zero-order valence-corrected chi connectivity index (χ0v) is 38.6. The van der Waals surface area contributed by atoms with Gasteiger partial charge in [-0.2, -0.15) is 0 Å². The molecule has 0 saturated heterocycles. The van der Waals surface area contributed by atoms with E-state index >= 15 is 0 Å². The molecule has 4 nitrogen and oxygen atoms in total. The van der Waals surface area contributed by atoms with E-state index in [2.05, 4.69) is 11.1 Å². The molecule has 2 aromatic heterocycles. The summed E-state index contributed by atoms with van der Waals surface area (Å²) in [5, 5.41) is 13.2. The van der Waals surface area contributed by atoms with E-state index in [1.165, 1.54) is 66.9 Å². The van der Waals surface area contributed by atoms with E-state index in [0.717, 1.165) is 34.9 Å². The molecule has 8 aromatic rings. The fourth-order valence-electron chi connectivity index (χ4n) is 7.82. The van der Waals surface area contributed by atoms with E-state index in [9.17, 15) is 5.11 Å². The van der Waals surface area contributed by atoms with E-state index in [0.29, 0.717) is 22.8 Å². The molecule has 67 heavy (non-hydrogen) atoms. The summed E-state index contributed by atoms with van der Waals surface area (Å²) in [5.74, 6) is -2.50. The third-order valence-electron chi connectivity index (χ3n) is 11.3. The molecule has 0 aliphatic heterocycles. The zero-order chi connectivity index (χ0) is 77.7. The number of phenolic OH excluding ortho intramolecular Hbond substituents is 1. The molecule has 0 saturated carbocycles. The second-order valence-corrected chi connectivity index (χ2v) is 17.4. The van der Waals surface area contributed by atoms with Gasteiger partial charge < -0.3 is 5.11 Å². The van der Waals surface area contributed by atoms with Crippen LogP contribution in [0.25, 0.3) is 72.7 Å². The maximum atomic E-state index is 13.2. The van der Waals surface area contributed by atoms with Gasteiger partial charge in [-0.25, -0.2) is 4.98 Å². The van der Waals surface area contributed by atoms with Crippen LogP contribution in [0.3, 0.4) is 0 Å². The fraction of sp³-hybridized carbons (Fsp3) is 0.323. The molecule has 2 heterocycles. The minimum Gasteiger partial charge on any atom is -0.507 e. The molecule has 0 atom stereocenters. The van der Waals surface area contributed by atoms with Crippen LogP contribution in [0.4, 0.5) is 0 Å². The number of hydrogen-bond acceptors (Lipinski definition) is 3. The van der Waals surface area contributed by atoms with Crippen molar-refractivity contribution < 1.29 is 75.5 Å². The van der Waals surface area contributed by atoms with Crippen LogP contribution in [-0.2, 0) is 48.1 Å².